The van der Waals surface area contributed by atoms with Crippen LogP contribution in [0, 0.1) is 0 Å². The van der Waals surface area contributed by atoms with Crippen molar-refractivity contribution in [1.29, 1.82) is 0 Å². The van der Waals surface area contributed by atoms with Gasteiger partial charge in [-0.15, -0.1) is 11.3 Å². The van der Waals surface area contributed by atoms with Crippen molar-refractivity contribution in [3.8, 4) is 5.75 Å². The number of rotatable bonds is 4. The average molecular weight is 396 g/mol. The number of phenolic OH excluding ortho intramolecular Hbond substituents is 1. The van der Waals surface area contributed by atoms with Crippen molar-refractivity contribution in [2.75, 3.05) is 19.7 Å². The molecule has 0 spiro atoms. The van der Waals surface area contributed by atoms with Gasteiger partial charge in [-0.2, -0.15) is 0 Å². The first kappa shape index (κ1) is 18.4. The highest BCUT2D eigenvalue weighted by atomic mass is 32.1. The van der Waals surface area contributed by atoms with E-state index in [-0.39, 0.29) is 24.2 Å². The van der Waals surface area contributed by atoms with Crippen LogP contribution in [0.15, 0.2) is 48.5 Å². The minimum atomic E-state index is -0.576. The fourth-order valence-corrected chi connectivity index (χ4v) is 4.46. The first-order valence-electron chi connectivity index (χ1n) is 9.19. The second kappa shape index (κ2) is 7.98. The molecule has 0 saturated carbocycles. The summed E-state index contributed by atoms with van der Waals surface area (Å²) in [6, 6.07) is 13.8. The van der Waals surface area contributed by atoms with Gasteiger partial charge in [-0.1, -0.05) is 12.1 Å². The number of ether oxygens (including phenoxy) is 1. The predicted molar refractivity (Wildman–Crippen MR) is 107 cm³/mol. The number of phenols is 1. The molecule has 144 valence electrons. The lowest BCUT2D eigenvalue weighted by Crippen LogP contribution is -2.41. The van der Waals surface area contributed by atoms with Crippen molar-refractivity contribution in [3.63, 3.8) is 0 Å². The van der Waals surface area contributed by atoms with Crippen molar-refractivity contribution in [1.82, 2.24) is 9.88 Å². The van der Waals surface area contributed by atoms with Gasteiger partial charge in [0.25, 0.3) is 5.91 Å². The summed E-state index contributed by atoms with van der Waals surface area (Å²) < 4.78 is 6.30. The van der Waals surface area contributed by atoms with E-state index in [0.29, 0.717) is 18.7 Å². The first-order chi connectivity index (χ1) is 13.6. The van der Waals surface area contributed by atoms with E-state index in [9.17, 15) is 14.7 Å². The van der Waals surface area contributed by atoms with E-state index < -0.39 is 5.97 Å². The average Bonchev–Trinajstić information content (AvgIpc) is 3.17. The molecule has 1 saturated heterocycles. The van der Waals surface area contributed by atoms with Crippen LogP contribution in [0.4, 0.5) is 0 Å². The van der Waals surface area contributed by atoms with Gasteiger partial charge in [-0.25, -0.2) is 9.78 Å². The summed E-state index contributed by atoms with van der Waals surface area (Å²) in [4.78, 5) is 31.1. The summed E-state index contributed by atoms with van der Waals surface area (Å²) in [6.07, 6.45) is 1.90. The zero-order valence-corrected chi connectivity index (χ0v) is 16.0. The molecule has 1 amide bonds. The summed E-state index contributed by atoms with van der Waals surface area (Å²) in [7, 11) is 0. The number of esters is 1. The predicted octanol–water partition coefficient (Wildman–Crippen LogP) is 3.56. The Labute approximate surface area is 166 Å². The van der Waals surface area contributed by atoms with Gasteiger partial charge < -0.3 is 14.7 Å². The second-order valence-corrected chi connectivity index (χ2v) is 7.88. The second-order valence-electron chi connectivity index (χ2n) is 6.82. The molecule has 0 unspecified atom stereocenters. The van der Waals surface area contributed by atoms with Crippen LogP contribution in [0.5, 0.6) is 5.75 Å². The third-order valence-electron chi connectivity index (χ3n) is 4.86. The number of aromatic nitrogens is 1. The van der Waals surface area contributed by atoms with Gasteiger partial charge in [0.15, 0.2) is 6.61 Å². The Bertz CT molecular complexity index is 966. The van der Waals surface area contributed by atoms with Gasteiger partial charge in [-0.3, -0.25) is 4.79 Å². The van der Waals surface area contributed by atoms with Crippen LogP contribution in [0.3, 0.4) is 0 Å². The lowest BCUT2D eigenvalue weighted by Gasteiger charge is -2.31. The Hall–Kier alpha value is -2.93. The normalized spacial score (nSPS) is 16.9. The maximum atomic E-state index is 12.5. The van der Waals surface area contributed by atoms with Crippen molar-refractivity contribution < 1.29 is 19.4 Å². The Morgan fingerprint density at radius 3 is 2.75 bits per heavy atom. The van der Waals surface area contributed by atoms with Gasteiger partial charge >= 0.3 is 5.97 Å². The number of carbonyl (C=O) groups excluding carboxylic acids is 2. The summed E-state index contributed by atoms with van der Waals surface area (Å²) in [5, 5.41) is 10.3. The monoisotopic (exact) mass is 396 g/mol. The van der Waals surface area contributed by atoms with Gasteiger partial charge in [0, 0.05) is 19.0 Å². The highest BCUT2D eigenvalue weighted by Crippen LogP contribution is 2.32. The third-order valence-corrected chi connectivity index (χ3v) is 6.06. The number of aromatic hydroxyl groups is 1. The fraction of sp³-hybridized carbons (Fsp3) is 0.286. The Morgan fingerprint density at radius 2 is 1.96 bits per heavy atom. The molecule has 1 fully saturated rings. The maximum absolute atomic E-state index is 12.5. The lowest BCUT2D eigenvalue weighted by molar-refractivity contribution is -0.135. The molecule has 0 aliphatic carbocycles. The minimum absolute atomic E-state index is 0.0711. The van der Waals surface area contributed by atoms with E-state index in [2.05, 4.69) is 6.07 Å². The van der Waals surface area contributed by atoms with Crippen molar-refractivity contribution in [2.24, 2.45) is 0 Å². The standard InChI is InChI=1S/C21H20N2O4S/c24-16-9-7-14(8-10-16)21(26)27-13-19(25)23-11-3-4-15(12-23)20-22-17-5-1-2-6-18(17)28-20/h1-2,5-10,15,24H,3-4,11-13H2/t15-/m1/s1. The van der Waals surface area contributed by atoms with Crippen LogP contribution in [0.1, 0.15) is 34.1 Å². The molecule has 1 aromatic heterocycles. The van der Waals surface area contributed by atoms with E-state index in [1.54, 1.807) is 16.2 Å². The Balaban J connectivity index is 1.36. The van der Waals surface area contributed by atoms with E-state index in [4.69, 9.17) is 9.72 Å². The van der Waals surface area contributed by atoms with Crippen LogP contribution >= 0.6 is 11.3 Å². The number of hydrogen-bond donors (Lipinski definition) is 1. The summed E-state index contributed by atoms with van der Waals surface area (Å²) in [6.45, 7) is 0.971. The van der Waals surface area contributed by atoms with Crippen LogP contribution in [-0.4, -0.2) is 46.6 Å². The van der Waals surface area contributed by atoms with Crippen molar-refractivity contribution in [3.05, 3.63) is 59.1 Å². The molecule has 1 aliphatic rings. The van der Waals surface area contributed by atoms with Crippen LogP contribution < -0.4 is 0 Å². The quantitative estimate of drug-likeness (QED) is 0.682. The largest absolute Gasteiger partial charge is 0.508 e. The van der Waals surface area contributed by atoms with Crippen molar-refractivity contribution in [2.45, 2.75) is 18.8 Å². The van der Waals surface area contributed by atoms with E-state index in [1.807, 2.05) is 18.2 Å². The summed E-state index contributed by atoms with van der Waals surface area (Å²) >= 11 is 1.68. The molecule has 1 N–H and O–H groups in total. The maximum Gasteiger partial charge on any atom is 0.338 e. The summed E-state index contributed by atoms with van der Waals surface area (Å²) in [5.41, 5.74) is 1.30. The molecule has 2 heterocycles. The molecule has 4 rings (SSSR count). The number of nitrogens with zero attached hydrogens (tertiary/aromatic N) is 2. The molecule has 28 heavy (non-hydrogen) atoms. The van der Waals surface area contributed by atoms with Crippen LogP contribution in [-0.2, 0) is 9.53 Å². The zero-order chi connectivity index (χ0) is 19.5. The summed E-state index contributed by atoms with van der Waals surface area (Å²) in [5.74, 6) is -0.490. The molecule has 0 radical (unpaired) electrons. The topological polar surface area (TPSA) is 79.7 Å². The first-order valence-corrected chi connectivity index (χ1v) is 10.0. The lowest BCUT2D eigenvalue weighted by atomic mass is 9.99. The van der Waals surface area contributed by atoms with Crippen LogP contribution in [0.25, 0.3) is 10.2 Å². The molecular weight excluding hydrogens is 376 g/mol. The van der Waals surface area contributed by atoms with Gasteiger partial charge in [-0.05, 0) is 49.2 Å². The molecule has 1 atom stereocenters. The number of likely N-dealkylation sites (tertiary alicyclic amines) is 1. The molecule has 0 bridgehead atoms. The van der Waals surface area contributed by atoms with Crippen LogP contribution in [0.2, 0.25) is 0 Å². The van der Waals surface area contributed by atoms with E-state index in [1.165, 1.54) is 24.3 Å². The van der Waals surface area contributed by atoms with Gasteiger partial charge in [0.2, 0.25) is 0 Å². The molecule has 6 nitrogen and oxygen atoms in total. The molecule has 7 heteroatoms. The highest BCUT2D eigenvalue weighted by Gasteiger charge is 2.27. The number of fused-ring (bicyclic) bond motifs is 1. The fourth-order valence-electron chi connectivity index (χ4n) is 3.37. The Morgan fingerprint density at radius 1 is 1.18 bits per heavy atom. The smallest absolute Gasteiger partial charge is 0.338 e. The molecule has 2 aromatic carbocycles. The van der Waals surface area contributed by atoms with Gasteiger partial charge in [0.1, 0.15) is 5.75 Å². The highest BCUT2D eigenvalue weighted by molar-refractivity contribution is 7.18. The number of benzene rings is 2. The molecular formula is C21H20N2O4S. The van der Waals surface area contributed by atoms with E-state index >= 15 is 0 Å². The number of hydrogen-bond acceptors (Lipinski definition) is 6. The van der Waals surface area contributed by atoms with Crippen molar-refractivity contribution >= 4 is 33.4 Å². The third kappa shape index (κ3) is 3.99. The van der Waals surface area contributed by atoms with E-state index in [0.717, 1.165) is 28.1 Å². The SMILES string of the molecule is O=C(OCC(=O)N1CCC[C@@H](c2nc3ccccc3s2)C1)c1ccc(O)cc1. The molecule has 3 aromatic rings. The minimum Gasteiger partial charge on any atom is -0.508 e. The number of thiazole rings is 1. The Kier molecular flexibility index (Phi) is 5.25. The number of para-hydroxylation sites is 1. The number of carbonyl (C=O) groups is 2. The molecule has 1 aliphatic heterocycles. The number of amides is 1. The zero-order valence-electron chi connectivity index (χ0n) is 15.2. The van der Waals surface area contributed by atoms with Gasteiger partial charge in [0.05, 0.1) is 20.8 Å². The number of piperidine rings is 1.